The van der Waals surface area contributed by atoms with Crippen molar-refractivity contribution >= 4 is 33.0 Å². The fourth-order valence-electron chi connectivity index (χ4n) is 2.39. The first-order valence-corrected chi connectivity index (χ1v) is 9.87. The second-order valence-corrected chi connectivity index (χ2v) is 8.24. The Morgan fingerprint density at radius 2 is 1.64 bits per heavy atom. The molecule has 0 bridgehead atoms. The number of carbonyl (C=O) groups excluding carboxylic acids is 1. The predicted octanol–water partition coefficient (Wildman–Crippen LogP) is 2.70. The van der Waals surface area contributed by atoms with Gasteiger partial charge in [0.15, 0.2) is 0 Å². The average Bonchev–Trinajstić information content (AvgIpc) is 2.59. The van der Waals surface area contributed by atoms with Crippen molar-refractivity contribution in [2.75, 3.05) is 43.1 Å². The summed E-state index contributed by atoms with van der Waals surface area (Å²) in [5.41, 5.74) is 1.01. The molecule has 7 nitrogen and oxygen atoms in total. The van der Waals surface area contributed by atoms with Gasteiger partial charge in [-0.2, -0.15) is 0 Å². The Bertz CT molecular complexity index is 945. The van der Waals surface area contributed by atoms with Gasteiger partial charge in [0.25, 0.3) is 0 Å². The summed E-state index contributed by atoms with van der Waals surface area (Å²) in [6, 6.07) is 7.18. The lowest BCUT2D eigenvalue weighted by Crippen LogP contribution is -2.24. The number of nitrogens with zero attached hydrogens (tertiary/aromatic N) is 1. The van der Waals surface area contributed by atoms with Crippen molar-refractivity contribution < 1.29 is 22.0 Å². The second kappa shape index (κ2) is 8.98. The topological polar surface area (TPSA) is 90.5 Å². The van der Waals surface area contributed by atoms with Gasteiger partial charge >= 0.3 is 0 Å². The molecule has 1 amide bonds. The Morgan fingerprint density at radius 3 is 2.21 bits per heavy atom. The van der Waals surface area contributed by atoms with E-state index in [1.807, 2.05) is 6.92 Å². The predicted molar refractivity (Wildman–Crippen MR) is 105 cm³/mol. The van der Waals surface area contributed by atoms with Crippen LogP contribution in [0.5, 0.6) is 0 Å². The van der Waals surface area contributed by atoms with Gasteiger partial charge in [0.05, 0.1) is 22.8 Å². The van der Waals surface area contributed by atoms with Crippen LogP contribution < -0.4 is 16.0 Å². The Balaban J connectivity index is 2.18. The number of halogens is 2. The molecule has 0 aliphatic carbocycles. The lowest BCUT2D eigenvalue weighted by molar-refractivity contribution is -0.114. The molecule has 0 unspecified atom stereocenters. The minimum absolute atomic E-state index is 0.0138. The van der Waals surface area contributed by atoms with Crippen LogP contribution in [-0.2, 0) is 14.8 Å². The Hall–Kier alpha value is -2.72. The van der Waals surface area contributed by atoms with Gasteiger partial charge in [0, 0.05) is 32.4 Å². The summed E-state index contributed by atoms with van der Waals surface area (Å²) < 4.78 is 52.2. The zero-order chi connectivity index (χ0) is 20.9. The Labute approximate surface area is 162 Å². The van der Waals surface area contributed by atoms with Crippen molar-refractivity contribution in [3.8, 4) is 0 Å². The normalized spacial score (nSPS) is 11.4. The molecular weight excluding hydrogens is 390 g/mol. The molecule has 0 saturated carbocycles. The van der Waals surface area contributed by atoms with Crippen LogP contribution >= 0.6 is 0 Å². The van der Waals surface area contributed by atoms with Crippen LogP contribution in [0.25, 0.3) is 0 Å². The molecule has 0 radical (unpaired) electrons. The third-order valence-corrected chi connectivity index (χ3v) is 5.53. The number of sulfonamides is 1. The maximum Gasteiger partial charge on any atom is 0.243 e. The minimum atomic E-state index is -3.65. The van der Waals surface area contributed by atoms with Crippen molar-refractivity contribution in [2.45, 2.75) is 11.8 Å². The molecule has 152 valence electrons. The average molecular weight is 412 g/mol. The summed E-state index contributed by atoms with van der Waals surface area (Å²) in [6.07, 6.45) is 0. The van der Waals surface area contributed by atoms with E-state index in [1.165, 1.54) is 26.2 Å². The SMILES string of the molecule is CCNc1ccc(S(=O)(=O)N(C)C)cc1NCC(=O)Nc1cc(F)cc(F)c1. The molecule has 2 aromatic carbocycles. The summed E-state index contributed by atoms with van der Waals surface area (Å²) in [5, 5.41) is 8.30. The quantitative estimate of drug-likeness (QED) is 0.620. The van der Waals surface area contributed by atoms with Crippen molar-refractivity contribution in [1.82, 2.24) is 4.31 Å². The molecule has 0 aromatic heterocycles. The highest BCUT2D eigenvalue weighted by Crippen LogP contribution is 2.26. The molecule has 2 aromatic rings. The number of carbonyl (C=O) groups is 1. The van der Waals surface area contributed by atoms with E-state index in [4.69, 9.17) is 0 Å². The lowest BCUT2D eigenvalue weighted by Gasteiger charge is -2.17. The third kappa shape index (κ3) is 5.40. The van der Waals surface area contributed by atoms with Crippen LogP contribution in [-0.4, -0.2) is 45.8 Å². The molecule has 0 saturated heterocycles. The smallest absolute Gasteiger partial charge is 0.243 e. The van der Waals surface area contributed by atoms with Crippen LogP contribution in [0.4, 0.5) is 25.8 Å². The number of nitrogens with one attached hydrogen (secondary N) is 3. The Kier molecular flexibility index (Phi) is 6.92. The van der Waals surface area contributed by atoms with E-state index >= 15 is 0 Å². The number of anilines is 3. The monoisotopic (exact) mass is 412 g/mol. The zero-order valence-corrected chi connectivity index (χ0v) is 16.5. The van der Waals surface area contributed by atoms with Crippen LogP contribution in [0.3, 0.4) is 0 Å². The number of rotatable bonds is 8. The lowest BCUT2D eigenvalue weighted by atomic mass is 10.2. The van der Waals surface area contributed by atoms with E-state index < -0.39 is 27.6 Å². The van der Waals surface area contributed by atoms with Crippen molar-refractivity contribution in [3.05, 3.63) is 48.0 Å². The fraction of sp³-hybridized carbons (Fsp3) is 0.278. The molecular formula is C18H22F2N4O3S. The van der Waals surface area contributed by atoms with Crippen LogP contribution in [0.15, 0.2) is 41.3 Å². The van der Waals surface area contributed by atoms with E-state index in [1.54, 1.807) is 6.07 Å². The van der Waals surface area contributed by atoms with Crippen molar-refractivity contribution in [1.29, 1.82) is 0 Å². The van der Waals surface area contributed by atoms with E-state index in [9.17, 15) is 22.0 Å². The van der Waals surface area contributed by atoms with E-state index in [0.29, 0.717) is 24.0 Å². The van der Waals surface area contributed by atoms with Gasteiger partial charge in [-0.3, -0.25) is 4.79 Å². The molecule has 10 heteroatoms. The van der Waals surface area contributed by atoms with E-state index in [0.717, 1.165) is 16.4 Å². The van der Waals surface area contributed by atoms with Crippen LogP contribution in [0.2, 0.25) is 0 Å². The van der Waals surface area contributed by atoms with Crippen molar-refractivity contribution in [3.63, 3.8) is 0 Å². The third-order valence-electron chi connectivity index (χ3n) is 3.72. The number of hydrogen-bond donors (Lipinski definition) is 3. The summed E-state index contributed by atoms with van der Waals surface area (Å²) in [4.78, 5) is 12.2. The van der Waals surface area contributed by atoms with E-state index in [-0.39, 0.29) is 17.1 Å². The van der Waals surface area contributed by atoms with Gasteiger partial charge in [0.1, 0.15) is 11.6 Å². The molecule has 0 spiro atoms. The molecule has 2 rings (SSSR count). The summed E-state index contributed by atoms with van der Waals surface area (Å²) in [5.74, 6) is -2.16. The summed E-state index contributed by atoms with van der Waals surface area (Å²) in [7, 11) is -0.800. The number of amides is 1. The van der Waals surface area contributed by atoms with Gasteiger partial charge in [-0.1, -0.05) is 0 Å². The van der Waals surface area contributed by atoms with Crippen molar-refractivity contribution in [2.24, 2.45) is 0 Å². The van der Waals surface area contributed by atoms with Crippen LogP contribution in [0, 0.1) is 11.6 Å². The molecule has 28 heavy (non-hydrogen) atoms. The first kappa shape index (κ1) is 21.6. The standard InChI is InChI=1S/C18H22F2N4O3S/c1-4-21-16-6-5-15(28(26,27)24(2)3)10-17(16)22-11-18(25)23-14-8-12(19)7-13(20)9-14/h5-10,21-22H,4,11H2,1-3H3,(H,23,25). The molecule has 0 fully saturated rings. The molecule has 3 N–H and O–H groups in total. The van der Waals surface area contributed by atoms with Gasteiger partial charge in [-0.15, -0.1) is 0 Å². The first-order valence-electron chi connectivity index (χ1n) is 8.43. The zero-order valence-electron chi connectivity index (χ0n) is 15.7. The maximum absolute atomic E-state index is 13.2. The summed E-state index contributed by atoms with van der Waals surface area (Å²) >= 11 is 0. The van der Waals surface area contributed by atoms with Gasteiger partial charge < -0.3 is 16.0 Å². The highest BCUT2D eigenvalue weighted by molar-refractivity contribution is 7.89. The largest absolute Gasteiger partial charge is 0.384 e. The van der Waals surface area contributed by atoms with Crippen LogP contribution in [0.1, 0.15) is 6.92 Å². The molecule has 0 atom stereocenters. The summed E-state index contributed by atoms with van der Waals surface area (Å²) in [6.45, 7) is 2.23. The second-order valence-electron chi connectivity index (χ2n) is 6.09. The minimum Gasteiger partial charge on any atom is -0.384 e. The number of hydrogen-bond acceptors (Lipinski definition) is 5. The van der Waals surface area contributed by atoms with E-state index in [2.05, 4.69) is 16.0 Å². The van der Waals surface area contributed by atoms with Gasteiger partial charge in [0.2, 0.25) is 15.9 Å². The highest BCUT2D eigenvalue weighted by Gasteiger charge is 2.19. The Morgan fingerprint density at radius 1 is 1.00 bits per heavy atom. The molecule has 0 aliphatic heterocycles. The first-order chi connectivity index (χ1) is 13.1. The number of benzene rings is 2. The van der Waals surface area contributed by atoms with Gasteiger partial charge in [-0.25, -0.2) is 21.5 Å². The highest BCUT2D eigenvalue weighted by atomic mass is 32.2. The molecule has 0 heterocycles. The fourth-order valence-corrected chi connectivity index (χ4v) is 3.32. The van der Waals surface area contributed by atoms with Gasteiger partial charge in [-0.05, 0) is 37.3 Å². The maximum atomic E-state index is 13.2. The molecule has 0 aliphatic rings.